The minimum atomic E-state index is -1.19. The zero-order chi connectivity index (χ0) is 23.2. The quantitative estimate of drug-likeness (QED) is 0.321. The number of halogens is 2. The smallest absolute Gasteiger partial charge is 0.301 e. The fourth-order valence-electron chi connectivity index (χ4n) is 3.55. The number of anilines is 1. The van der Waals surface area contributed by atoms with Gasteiger partial charge in [0.15, 0.2) is 5.13 Å². The van der Waals surface area contributed by atoms with Crippen molar-refractivity contribution in [2.75, 3.05) is 12.0 Å². The summed E-state index contributed by atoms with van der Waals surface area (Å²) in [6.07, 6.45) is 0. The topological polar surface area (TPSA) is 79.7 Å². The van der Waals surface area contributed by atoms with Crippen LogP contribution in [0.2, 0.25) is 5.02 Å². The van der Waals surface area contributed by atoms with E-state index in [4.69, 9.17) is 16.3 Å². The number of aryl methyl sites for hydroxylation is 2. The minimum Gasteiger partial charge on any atom is -0.507 e. The summed E-state index contributed by atoms with van der Waals surface area (Å²) in [5.74, 6) is -2.54. The van der Waals surface area contributed by atoms with Gasteiger partial charge in [0.1, 0.15) is 23.4 Å². The van der Waals surface area contributed by atoms with E-state index in [0.717, 1.165) is 9.78 Å². The van der Waals surface area contributed by atoms with Crippen LogP contribution in [-0.2, 0) is 9.59 Å². The van der Waals surface area contributed by atoms with Crippen molar-refractivity contribution in [2.45, 2.75) is 19.9 Å². The summed E-state index contributed by atoms with van der Waals surface area (Å²) in [6, 6.07) is 9.06. The van der Waals surface area contributed by atoms with E-state index in [9.17, 15) is 19.1 Å². The van der Waals surface area contributed by atoms with Crippen molar-refractivity contribution in [2.24, 2.45) is 0 Å². The first-order valence-electron chi connectivity index (χ1n) is 9.58. The van der Waals surface area contributed by atoms with Crippen LogP contribution < -0.4 is 9.64 Å². The highest BCUT2D eigenvalue weighted by atomic mass is 35.5. The maximum Gasteiger partial charge on any atom is 0.301 e. The standard InChI is InChI=1S/C23H18ClFN2O4S/c1-11-12(2)32-23(26-11)27-19(14-6-4-5-7-16(14)25)18(21(29)22(27)30)20(28)13-8-9-17(31-3)15(24)10-13/h4-10,19,28H,1-3H3/t19-/m0/s1. The molecule has 2 aromatic carbocycles. The lowest BCUT2D eigenvalue weighted by molar-refractivity contribution is -0.132. The highest BCUT2D eigenvalue weighted by molar-refractivity contribution is 7.16. The van der Waals surface area contributed by atoms with E-state index in [1.807, 2.05) is 6.92 Å². The predicted octanol–water partition coefficient (Wildman–Crippen LogP) is 5.19. The number of Topliss-reactive ketones (excluding diaryl/α,β-unsaturated/α-hetero) is 1. The number of thiazole rings is 1. The zero-order valence-electron chi connectivity index (χ0n) is 17.3. The molecule has 0 saturated carbocycles. The molecule has 1 aliphatic rings. The molecule has 1 atom stereocenters. The Morgan fingerprint density at radius 3 is 2.53 bits per heavy atom. The lowest BCUT2D eigenvalue weighted by Crippen LogP contribution is -2.29. The van der Waals surface area contributed by atoms with Crippen LogP contribution in [0, 0.1) is 19.7 Å². The Labute approximate surface area is 192 Å². The minimum absolute atomic E-state index is 0.0679. The number of methoxy groups -OCH3 is 1. The third kappa shape index (κ3) is 3.55. The molecule has 0 unspecified atom stereocenters. The number of nitrogens with zero attached hydrogens (tertiary/aromatic N) is 2. The van der Waals surface area contributed by atoms with E-state index >= 15 is 0 Å². The zero-order valence-corrected chi connectivity index (χ0v) is 18.9. The second-order valence-corrected chi connectivity index (χ2v) is 8.77. The molecule has 2 heterocycles. The number of carbonyl (C=O) groups is 2. The van der Waals surface area contributed by atoms with E-state index in [0.29, 0.717) is 11.4 Å². The molecule has 4 rings (SSSR count). The predicted molar refractivity (Wildman–Crippen MR) is 121 cm³/mol. The number of ether oxygens (including phenoxy) is 1. The average Bonchev–Trinajstić information content (AvgIpc) is 3.23. The molecule has 1 amide bonds. The number of hydrogen-bond acceptors (Lipinski definition) is 6. The van der Waals surface area contributed by atoms with Crippen molar-refractivity contribution in [3.63, 3.8) is 0 Å². The van der Waals surface area contributed by atoms with Crippen molar-refractivity contribution in [3.8, 4) is 5.75 Å². The van der Waals surface area contributed by atoms with E-state index < -0.39 is 29.3 Å². The van der Waals surface area contributed by atoms with Gasteiger partial charge >= 0.3 is 5.91 Å². The fourth-order valence-corrected chi connectivity index (χ4v) is 4.74. The number of aromatic nitrogens is 1. The molecule has 0 radical (unpaired) electrons. The molecule has 0 aliphatic carbocycles. The van der Waals surface area contributed by atoms with Gasteiger partial charge in [-0.25, -0.2) is 9.37 Å². The summed E-state index contributed by atoms with van der Waals surface area (Å²) >= 11 is 7.40. The second-order valence-electron chi connectivity index (χ2n) is 7.18. The Balaban J connectivity index is 1.97. The summed E-state index contributed by atoms with van der Waals surface area (Å²) < 4.78 is 20.0. The lowest BCUT2D eigenvalue weighted by atomic mass is 9.95. The maximum atomic E-state index is 14.9. The van der Waals surface area contributed by atoms with Crippen LogP contribution in [0.5, 0.6) is 5.75 Å². The first kappa shape index (κ1) is 22.0. The van der Waals surface area contributed by atoms with Gasteiger partial charge < -0.3 is 9.84 Å². The monoisotopic (exact) mass is 472 g/mol. The van der Waals surface area contributed by atoms with Crippen LogP contribution in [0.1, 0.15) is 27.7 Å². The first-order valence-corrected chi connectivity index (χ1v) is 10.8. The number of aliphatic hydroxyl groups excluding tert-OH is 1. The van der Waals surface area contributed by atoms with Crippen LogP contribution in [0.25, 0.3) is 5.76 Å². The third-order valence-corrected chi connectivity index (χ3v) is 6.66. The normalized spacial score (nSPS) is 17.8. The van der Waals surface area contributed by atoms with Gasteiger partial charge in [-0.2, -0.15) is 0 Å². The highest BCUT2D eigenvalue weighted by Crippen LogP contribution is 2.44. The number of carbonyl (C=O) groups excluding carboxylic acids is 2. The van der Waals surface area contributed by atoms with Crippen molar-refractivity contribution in [3.05, 3.63) is 80.6 Å². The lowest BCUT2D eigenvalue weighted by Gasteiger charge is -2.23. The second kappa shape index (κ2) is 8.37. The van der Waals surface area contributed by atoms with Crippen molar-refractivity contribution in [1.29, 1.82) is 0 Å². The van der Waals surface area contributed by atoms with E-state index in [1.54, 1.807) is 13.0 Å². The Morgan fingerprint density at radius 1 is 1.22 bits per heavy atom. The molecule has 1 N–H and O–H groups in total. The summed E-state index contributed by atoms with van der Waals surface area (Å²) in [4.78, 5) is 32.5. The number of ketones is 1. The molecule has 164 valence electrons. The highest BCUT2D eigenvalue weighted by Gasteiger charge is 2.49. The average molecular weight is 473 g/mol. The van der Waals surface area contributed by atoms with Gasteiger partial charge in [0, 0.05) is 16.0 Å². The number of rotatable bonds is 4. The maximum absolute atomic E-state index is 14.9. The van der Waals surface area contributed by atoms with Gasteiger partial charge in [0.2, 0.25) is 0 Å². The number of benzene rings is 2. The van der Waals surface area contributed by atoms with Crippen LogP contribution >= 0.6 is 22.9 Å². The molecule has 9 heteroatoms. The summed E-state index contributed by atoms with van der Waals surface area (Å²) in [6.45, 7) is 3.62. The van der Waals surface area contributed by atoms with Gasteiger partial charge in [0.05, 0.1) is 23.4 Å². The summed E-state index contributed by atoms with van der Waals surface area (Å²) in [5.41, 5.74) is 0.716. The molecule has 1 aliphatic heterocycles. The Hall–Kier alpha value is -3.23. The van der Waals surface area contributed by atoms with Crippen molar-refractivity contribution < 1.29 is 23.8 Å². The molecule has 0 spiro atoms. The van der Waals surface area contributed by atoms with Crippen LogP contribution in [0.4, 0.5) is 9.52 Å². The van der Waals surface area contributed by atoms with Gasteiger partial charge in [-0.15, -0.1) is 11.3 Å². The largest absolute Gasteiger partial charge is 0.507 e. The van der Waals surface area contributed by atoms with E-state index in [-0.39, 0.29) is 26.9 Å². The summed E-state index contributed by atoms with van der Waals surface area (Å²) in [5, 5.41) is 11.5. The fraction of sp³-hybridized carbons (Fsp3) is 0.174. The number of hydrogen-bond donors (Lipinski definition) is 1. The molecule has 1 aromatic heterocycles. The Morgan fingerprint density at radius 2 is 1.94 bits per heavy atom. The molecule has 0 bridgehead atoms. The number of amides is 1. The molecule has 6 nitrogen and oxygen atoms in total. The number of aliphatic hydroxyl groups is 1. The van der Waals surface area contributed by atoms with Gasteiger partial charge in [-0.3, -0.25) is 14.5 Å². The van der Waals surface area contributed by atoms with Crippen LogP contribution in [0.15, 0.2) is 48.0 Å². The van der Waals surface area contributed by atoms with Gasteiger partial charge in [-0.05, 0) is 38.1 Å². The van der Waals surface area contributed by atoms with Gasteiger partial charge in [-0.1, -0.05) is 29.8 Å². The molecule has 3 aromatic rings. The summed E-state index contributed by atoms with van der Waals surface area (Å²) in [7, 11) is 1.45. The van der Waals surface area contributed by atoms with Crippen LogP contribution in [0.3, 0.4) is 0 Å². The van der Waals surface area contributed by atoms with Crippen molar-refractivity contribution >= 4 is 45.5 Å². The van der Waals surface area contributed by atoms with Crippen LogP contribution in [-0.4, -0.2) is 28.9 Å². The SMILES string of the molecule is COc1ccc(C(O)=C2C(=O)C(=O)N(c3nc(C)c(C)s3)[C@H]2c2ccccc2F)cc1Cl. The Kier molecular flexibility index (Phi) is 5.75. The Bertz CT molecular complexity index is 1270. The molecule has 1 saturated heterocycles. The van der Waals surface area contributed by atoms with Crippen molar-refractivity contribution in [1.82, 2.24) is 4.98 Å². The molecular formula is C23H18ClFN2O4S. The van der Waals surface area contributed by atoms with E-state index in [2.05, 4.69) is 4.98 Å². The molecule has 1 fully saturated rings. The van der Waals surface area contributed by atoms with E-state index in [1.165, 1.54) is 54.8 Å². The first-order chi connectivity index (χ1) is 15.2. The van der Waals surface area contributed by atoms with Gasteiger partial charge in [0.25, 0.3) is 5.78 Å². The molecular weight excluding hydrogens is 455 g/mol. The third-order valence-electron chi connectivity index (χ3n) is 5.29. The molecule has 32 heavy (non-hydrogen) atoms.